The Morgan fingerprint density at radius 1 is 1.39 bits per heavy atom. The van der Waals surface area contributed by atoms with Crippen LogP contribution in [0.1, 0.15) is 29.8 Å². The standard InChI is InChI=1S/C14H15NO3/c16-13(15-9-14(17)6-3-7-14)12-8-10-4-1-2-5-11(10)18-12/h1-2,4-5,8,17H,3,6-7,9H2,(H,15,16). The van der Waals surface area contributed by atoms with Gasteiger partial charge in [0.15, 0.2) is 5.76 Å². The number of amides is 1. The average molecular weight is 245 g/mol. The van der Waals surface area contributed by atoms with Crippen LogP contribution in [0.5, 0.6) is 0 Å². The molecule has 0 bridgehead atoms. The van der Waals surface area contributed by atoms with E-state index in [1.54, 1.807) is 6.07 Å². The van der Waals surface area contributed by atoms with Crippen molar-refractivity contribution in [2.75, 3.05) is 6.54 Å². The minimum Gasteiger partial charge on any atom is -0.451 e. The Kier molecular flexibility index (Phi) is 2.59. The molecule has 1 amide bonds. The van der Waals surface area contributed by atoms with Crippen LogP contribution in [0.3, 0.4) is 0 Å². The van der Waals surface area contributed by atoms with Crippen molar-refractivity contribution < 1.29 is 14.3 Å². The highest BCUT2D eigenvalue weighted by molar-refractivity contribution is 5.96. The molecule has 0 atom stereocenters. The van der Waals surface area contributed by atoms with E-state index in [0.717, 1.165) is 24.6 Å². The van der Waals surface area contributed by atoms with Gasteiger partial charge in [0, 0.05) is 11.9 Å². The van der Waals surface area contributed by atoms with E-state index in [4.69, 9.17) is 4.42 Å². The van der Waals surface area contributed by atoms with Crippen molar-refractivity contribution in [2.24, 2.45) is 0 Å². The Bertz CT molecular complexity index is 550. The molecule has 1 aromatic carbocycles. The summed E-state index contributed by atoms with van der Waals surface area (Å²) >= 11 is 0. The van der Waals surface area contributed by atoms with Crippen molar-refractivity contribution in [3.05, 3.63) is 36.1 Å². The molecule has 0 radical (unpaired) electrons. The summed E-state index contributed by atoms with van der Waals surface area (Å²) < 4.78 is 5.45. The van der Waals surface area contributed by atoms with Gasteiger partial charge in [-0.25, -0.2) is 0 Å². The Morgan fingerprint density at radius 2 is 2.17 bits per heavy atom. The number of hydrogen-bond donors (Lipinski definition) is 2. The number of carbonyl (C=O) groups is 1. The van der Waals surface area contributed by atoms with E-state index in [1.165, 1.54) is 0 Å². The summed E-state index contributed by atoms with van der Waals surface area (Å²) in [5.41, 5.74) is -0.00759. The molecular formula is C14H15NO3. The third-order valence-electron chi connectivity index (χ3n) is 3.51. The molecule has 1 aliphatic carbocycles. The lowest BCUT2D eigenvalue weighted by atomic mass is 9.80. The number of para-hydroxylation sites is 1. The van der Waals surface area contributed by atoms with Gasteiger partial charge < -0.3 is 14.8 Å². The predicted molar refractivity (Wildman–Crippen MR) is 67.3 cm³/mol. The number of furan rings is 1. The predicted octanol–water partition coefficient (Wildman–Crippen LogP) is 2.08. The van der Waals surface area contributed by atoms with E-state index in [0.29, 0.717) is 17.9 Å². The molecule has 4 nitrogen and oxygen atoms in total. The maximum Gasteiger partial charge on any atom is 0.287 e. The zero-order valence-corrected chi connectivity index (χ0v) is 9.98. The van der Waals surface area contributed by atoms with E-state index < -0.39 is 5.60 Å². The van der Waals surface area contributed by atoms with Gasteiger partial charge in [0.05, 0.1) is 5.60 Å². The molecule has 1 heterocycles. The topological polar surface area (TPSA) is 62.5 Å². The van der Waals surface area contributed by atoms with E-state index >= 15 is 0 Å². The van der Waals surface area contributed by atoms with Crippen molar-refractivity contribution in [1.29, 1.82) is 0 Å². The average Bonchev–Trinajstić information content (AvgIpc) is 2.77. The molecule has 3 rings (SSSR count). The van der Waals surface area contributed by atoms with E-state index in [-0.39, 0.29) is 5.91 Å². The summed E-state index contributed by atoms with van der Waals surface area (Å²) in [6.07, 6.45) is 2.54. The zero-order chi connectivity index (χ0) is 12.6. The molecule has 94 valence electrons. The van der Waals surface area contributed by atoms with Crippen LogP contribution in [0.4, 0.5) is 0 Å². The van der Waals surface area contributed by atoms with Crippen molar-refractivity contribution in [1.82, 2.24) is 5.32 Å². The molecular weight excluding hydrogens is 230 g/mol. The second kappa shape index (κ2) is 4.14. The first-order valence-corrected chi connectivity index (χ1v) is 6.15. The molecule has 1 aliphatic rings. The normalized spacial score (nSPS) is 17.4. The van der Waals surface area contributed by atoms with Gasteiger partial charge in [0.2, 0.25) is 0 Å². The Morgan fingerprint density at radius 3 is 2.83 bits per heavy atom. The van der Waals surface area contributed by atoms with Gasteiger partial charge >= 0.3 is 0 Å². The van der Waals surface area contributed by atoms with Crippen LogP contribution in [0.25, 0.3) is 11.0 Å². The second-order valence-electron chi connectivity index (χ2n) is 4.91. The summed E-state index contributed by atoms with van der Waals surface area (Å²) in [5, 5.41) is 13.5. The summed E-state index contributed by atoms with van der Waals surface area (Å²) in [4.78, 5) is 11.9. The molecule has 4 heteroatoms. The van der Waals surface area contributed by atoms with Crippen molar-refractivity contribution in [3.63, 3.8) is 0 Å². The minimum atomic E-state index is -0.707. The number of fused-ring (bicyclic) bond motifs is 1. The van der Waals surface area contributed by atoms with Gasteiger partial charge in [-0.3, -0.25) is 4.79 Å². The van der Waals surface area contributed by atoms with Crippen LogP contribution in [0, 0.1) is 0 Å². The summed E-state index contributed by atoms with van der Waals surface area (Å²) in [7, 11) is 0. The van der Waals surface area contributed by atoms with Gasteiger partial charge in [-0.15, -0.1) is 0 Å². The van der Waals surface area contributed by atoms with Gasteiger partial charge in [-0.2, -0.15) is 0 Å². The highest BCUT2D eigenvalue weighted by Gasteiger charge is 2.34. The SMILES string of the molecule is O=C(NCC1(O)CCC1)c1cc2ccccc2o1. The zero-order valence-electron chi connectivity index (χ0n) is 9.98. The quantitative estimate of drug-likeness (QED) is 0.870. The molecule has 1 fully saturated rings. The van der Waals surface area contributed by atoms with Crippen LogP contribution in [-0.2, 0) is 0 Å². The fourth-order valence-electron chi connectivity index (χ4n) is 2.19. The van der Waals surface area contributed by atoms with Crippen molar-refractivity contribution in [3.8, 4) is 0 Å². The second-order valence-corrected chi connectivity index (χ2v) is 4.91. The molecule has 18 heavy (non-hydrogen) atoms. The fourth-order valence-corrected chi connectivity index (χ4v) is 2.19. The molecule has 0 aliphatic heterocycles. The van der Waals surface area contributed by atoms with Crippen LogP contribution < -0.4 is 5.32 Å². The number of carbonyl (C=O) groups excluding carboxylic acids is 1. The lowest BCUT2D eigenvalue weighted by Gasteiger charge is -2.36. The Balaban J connectivity index is 1.71. The maximum absolute atomic E-state index is 11.9. The fraction of sp³-hybridized carbons (Fsp3) is 0.357. The van der Waals surface area contributed by atoms with Crippen molar-refractivity contribution in [2.45, 2.75) is 24.9 Å². The van der Waals surface area contributed by atoms with E-state index in [1.807, 2.05) is 24.3 Å². The molecule has 2 N–H and O–H groups in total. The Hall–Kier alpha value is -1.81. The number of benzene rings is 1. The molecule has 0 spiro atoms. The van der Waals surface area contributed by atoms with Crippen LogP contribution in [-0.4, -0.2) is 23.2 Å². The van der Waals surface area contributed by atoms with Gasteiger partial charge in [-0.05, 0) is 31.4 Å². The van der Waals surface area contributed by atoms with Gasteiger partial charge in [-0.1, -0.05) is 18.2 Å². The third kappa shape index (κ3) is 1.99. The molecule has 1 aromatic heterocycles. The van der Waals surface area contributed by atoms with Crippen LogP contribution in [0.15, 0.2) is 34.7 Å². The summed E-state index contributed by atoms with van der Waals surface area (Å²) in [6, 6.07) is 9.21. The monoisotopic (exact) mass is 245 g/mol. The summed E-state index contributed by atoms with van der Waals surface area (Å²) in [6.45, 7) is 0.295. The smallest absolute Gasteiger partial charge is 0.287 e. The highest BCUT2D eigenvalue weighted by Crippen LogP contribution is 2.30. The number of nitrogens with one attached hydrogen (secondary N) is 1. The largest absolute Gasteiger partial charge is 0.451 e. The van der Waals surface area contributed by atoms with E-state index in [2.05, 4.69) is 5.32 Å². The number of hydrogen-bond acceptors (Lipinski definition) is 3. The molecule has 0 unspecified atom stereocenters. The van der Waals surface area contributed by atoms with Crippen LogP contribution in [0.2, 0.25) is 0 Å². The molecule has 1 saturated carbocycles. The lowest BCUT2D eigenvalue weighted by Crippen LogP contribution is -2.47. The van der Waals surface area contributed by atoms with E-state index in [9.17, 15) is 9.90 Å². The first kappa shape index (κ1) is 11.3. The van der Waals surface area contributed by atoms with Gasteiger partial charge in [0.25, 0.3) is 5.91 Å². The van der Waals surface area contributed by atoms with Gasteiger partial charge in [0.1, 0.15) is 5.58 Å². The first-order valence-electron chi connectivity index (χ1n) is 6.15. The maximum atomic E-state index is 11.9. The van der Waals surface area contributed by atoms with Crippen molar-refractivity contribution >= 4 is 16.9 Å². The van der Waals surface area contributed by atoms with Crippen LogP contribution >= 0.6 is 0 Å². The molecule has 0 saturated heterocycles. The molecule has 2 aromatic rings. The first-order chi connectivity index (χ1) is 8.66. The number of aliphatic hydroxyl groups is 1. The minimum absolute atomic E-state index is 0.272. The lowest BCUT2D eigenvalue weighted by molar-refractivity contribution is -0.0301. The number of rotatable bonds is 3. The Labute approximate surface area is 105 Å². The highest BCUT2D eigenvalue weighted by atomic mass is 16.3. The summed E-state index contributed by atoms with van der Waals surface area (Å²) in [5.74, 6) is 0.0191. The third-order valence-corrected chi connectivity index (χ3v) is 3.51.